The lowest BCUT2D eigenvalue weighted by Crippen LogP contribution is -2.06. The Balaban J connectivity index is 2.24. The van der Waals surface area contributed by atoms with Gasteiger partial charge in [-0.3, -0.25) is 4.79 Å². The maximum atomic E-state index is 12.2. The van der Waals surface area contributed by atoms with Crippen LogP contribution in [-0.2, 0) is 6.42 Å². The number of carbonyl (C=O) groups is 2. The highest BCUT2D eigenvalue weighted by molar-refractivity contribution is 6.00. The molecule has 0 saturated carbocycles. The van der Waals surface area contributed by atoms with Crippen LogP contribution in [0.25, 0.3) is 0 Å². The van der Waals surface area contributed by atoms with Crippen LogP contribution in [0, 0.1) is 13.8 Å². The van der Waals surface area contributed by atoms with Crippen molar-refractivity contribution in [2.45, 2.75) is 20.3 Å². The highest BCUT2D eigenvalue weighted by Gasteiger charge is 2.14. The average molecular weight is 284 g/mol. The Morgan fingerprint density at radius 1 is 1.05 bits per heavy atom. The first-order valence-corrected chi connectivity index (χ1v) is 6.54. The van der Waals surface area contributed by atoms with Crippen molar-refractivity contribution in [2.24, 2.45) is 0 Å². The van der Waals surface area contributed by atoms with Crippen molar-refractivity contribution in [3.63, 3.8) is 0 Å². The fraction of sp³-hybridized carbons (Fsp3) is 0.176. The number of hydrogen-bond donors (Lipinski definition) is 2. The van der Waals surface area contributed by atoms with E-state index in [-0.39, 0.29) is 17.8 Å². The van der Waals surface area contributed by atoms with Crippen molar-refractivity contribution in [3.05, 3.63) is 64.2 Å². The molecule has 4 nitrogen and oxygen atoms in total. The van der Waals surface area contributed by atoms with Gasteiger partial charge in [0.05, 0.1) is 0 Å². The number of carboxylic acid groups (broad SMARTS) is 1. The van der Waals surface area contributed by atoms with Gasteiger partial charge < -0.3 is 10.2 Å². The minimum Gasteiger partial charge on any atom is -0.507 e. The predicted molar refractivity (Wildman–Crippen MR) is 79.0 cm³/mol. The number of aromatic hydroxyl groups is 1. The number of phenols is 1. The van der Waals surface area contributed by atoms with Crippen LogP contribution in [0.2, 0.25) is 0 Å². The van der Waals surface area contributed by atoms with Crippen molar-refractivity contribution in [1.29, 1.82) is 0 Å². The summed E-state index contributed by atoms with van der Waals surface area (Å²) in [6.07, 6.45) is 0.220. The third-order valence-electron chi connectivity index (χ3n) is 3.40. The van der Waals surface area contributed by atoms with Gasteiger partial charge in [-0.05, 0) is 37.1 Å². The zero-order valence-electron chi connectivity index (χ0n) is 11.9. The van der Waals surface area contributed by atoms with Gasteiger partial charge in [-0.1, -0.05) is 29.8 Å². The molecular formula is C17H16O4. The van der Waals surface area contributed by atoms with E-state index >= 15 is 0 Å². The van der Waals surface area contributed by atoms with E-state index in [2.05, 4.69) is 0 Å². The number of aromatic carboxylic acids is 1. The van der Waals surface area contributed by atoms with Crippen LogP contribution < -0.4 is 0 Å². The van der Waals surface area contributed by atoms with Crippen molar-refractivity contribution in [1.82, 2.24) is 0 Å². The van der Waals surface area contributed by atoms with Gasteiger partial charge in [0.25, 0.3) is 0 Å². The number of aryl methyl sites for hydroxylation is 2. The first kappa shape index (κ1) is 14.8. The van der Waals surface area contributed by atoms with Crippen molar-refractivity contribution in [2.75, 3.05) is 0 Å². The Bertz CT molecular complexity index is 717. The smallest absolute Gasteiger partial charge is 0.339 e. The first-order chi connectivity index (χ1) is 9.88. The maximum Gasteiger partial charge on any atom is 0.339 e. The molecule has 2 aromatic rings. The SMILES string of the molecule is Cc1ccc(CC(=O)c2ccc(C(=O)O)c(O)c2)c(C)c1. The molecule has 2 aromatic carbocycles. The second kappa shape index (κ2) is 5.79. The van der Waals surface area contributed by atoms with E-state index in [1.807, 2.05) is 32.0 Å². The molecule has 4 heteroatoms. The zero-order chi connectivity index (χ0) is 15.6. The van der Waals surface area contributed by atoms with Crippen LogP contribution in [-0.4, -0.2) is 22.0 Å². The lowest BCUT2D eigenvalue weighted by atomic mass is 9.97. The lowest BCUT2D eigenvalue weighted by molar-refractivity contribution is 0.0693. The molecule has 0 radical (unpaired) electrons. The normalized spacial score (nSPS) is 10.4. The standard InChI is InChI=1S/C17H16O4/c1-10-3-4-12(11(2)7-10)8-15(18)13-5-6-14(17(20)21)16(19)9-13/h3-7,9,19H,8H2,1-2H3,(H,20,21). The summed E-state index contributed by atoms with van der Waals surface area (Å²) in [4.78, 5) is 23.1. The number of Topliss-reactive ketones (excluding diaryl/α,β-unsaturated/α-hetero) is 1. The van der Waals surface area contributed by atoms with Gasteiger partial charge in [0.2, 0.25) is 0 Å². The van der Waals surface area contributed by atoms with Crippen LogP contribution >= 0.6 is 0 Å². The average Bonchev–Trinajstić information content (AvgIpc) is 2.41. The molecule has 0 atom stereocenters. The van der Waals surface area contributed by atoms with E-state index in [4.69, 9.17) is 5.11 Å². The van der Waals surface area contributed by atoms with Crippen LogP contribution in [0.4, 0.5) is 0 Å². The van der Waals surface area contributed by atoms with Crippen LogP contribution in [0.5, 0.6) is 5.75 Å². The second-order valence-electron chi connectivity index (χ2n) is 5.07. The van der Waals surface area contributed by atoms with E-state index in [1.54, 1.807) is 0 Å². The summed E-state index contributed by atoms with van der Waals surface area (Å²) in [7, 11) is 0. The molecule has 2 N–H and O–H groups in total. The van der Waals surface area contributed by atoms with Gasteiger partial charge in [-0.2, -0.15) is 0 Å². The molecule has 0 saturated heterocycles. The molecule has 0 aliphatic rings. The van der Waals surface area contributed by atoms with E-state index in [0.717, 1.165) is 16.7 Å². The number of carboxylic acids is 1. The van der Waals surface area contributed by atoms with E-state index < -0.39 is 11.7 Å². The summed E-state index contributed by atoms with van der Waals surface area (Å²) >= 11 is 0. The molecule has 0 aliphatic carbocycles. The highest BCUT2D eigenvalue weighted by Crippen LogP contribution is 2.21. The second-order valence-corrected chi connectivity index (χ2v) is 5.07. The predicted octanol–water partition coefficient (Wildman–Crippen LogP) is 3.13. The molecule has 0 unspecified atom stereocenters. The number of benzene rings is 2. The highest BCUT2D eigenvalue weighted by atomic mass is 16.4. The monoisotopic (exact) mass is 284 g/mol. The summed E-state index contributed by atoms with van der Waals surface area (Å²) < 4.78 is 0. The molecule has 0 amide bonds. The topological polar surface area (TPSA) is 74.6 Å². The largest absolute Gasteiger partial charge is 0.507 e. The van der Waals surface area contributed by atoms with Crippen LogP contribution in [0.1, 0.15) is 37.4 Å². The Kier molecular flexibility index (Phi) is 4.08. The van der Waals surface area contributed by atoms with Gasteiger partial charge in [-0.25, -0.2) is 4.79 Å². The summed E-state index contributed by atoms with van der Waals surface area (Å²) in [5, 5.41) is 18.5. The van der Waals surface area contributed by atoms with E-state index in [1.165, 1.54) is 18.2 Å². The van der Waals surface area contributed by atoms with Crippen LogP contribution in [0.15, 0.2) is 36.4 Å². The molecule has 0 aliphatic heterocycles. The Hall–Kier alpha value is -2.62. The van der Waals surface area contributed by atoms with Gasteiger partial charge >= 0.3 is 5.97 Å². The van der Waals surface area contributed by atoms with Gasteiger partial charge in [-0.15, -0.1) is 0 Å². The van der Waals surface area contributed by atoms with Crippen LogP contribution in [0.3, 0.4) is 0 Å². The molecule has 0 bridgehead atoms. The minimum absolute atomic E-state index is 0.158. The lowest BCUT2D eigenvalue weighted by Gasteiger charge is -2.07. The Morgan fingerprint density at radius 2 is 1.76 bits per heavy atom. The molecule has 0 fully saturated rings. The number of hydrogen-bond acceptors (Lipinski definition) is 3. The fourth-order valence-corrected chi connectivity index (χ4v) is 2.21. The Labute approximate surface area is 122 Å². The maximum absolute atomic E-state index is 12.2. The van der Waals surface area contributed by atoms with Crippen molar-refractivity contribution < 1.29 is 19.8 Å². The summed E-state index contributed by atoms with van der Waals surface area (Å²) in [6, 6.07) is 9.74. The third-order valence-corrected chi connectivity index (χ3v) is 3.40. The number of ketones is 1. The fourth-order valence-electron chi connectivity index (χ4n) is 2.21. The molecule has 2 rings (SSSR count). The minimum atomic E-state index is -1.22. The van der Waals surface area contributed by atoms with Gasteiger partial charge in [0, 0.05) is 12.0 Å². The van der Waals surface area contributed by atoms with Gasteiger partial charge in [0.15, 0.2) is 5.78 Å². The van der Waals surface area contributed by atoms with E-state index in [9.17, 15) is 14.7 Å². The summed E-state index contributed by atoms with van der Waals surface area (Å²) in [5.41, 5.74) is 3.19. The summed E-state index contributed by atoms with van der Waals surface area (Å²) in [5.74, 6) is -1.77. The third kappa shape index (κ3) is 3.28. The molecule has 108 valence electrons. The molecule has 0 spiro atoms. The Morgan fingerprint density at radius 3 is 2.33 bits per heavy atom. The zero-order valence-corrected chi connectivity index (χ0v) is 11.9. The number of carbonyl (C=O) groups excluding carboxylic acids is 1. The van der Waals surface area contributed by atoms with Crippen molar-refractivity contribution >= 4 is 11.8 Å². The molecule has 0 aromatic heterocycles. The van der Waals surface area contributed by atoms with E-state index in [0.29, 0.717) is 5.56 Å². The molecular weight excluding hydrogens is 268 g/mol. The quantitative estimate of drug-likeness (QED) is 0.846. The van der Waals surface area contributed by atoms with Gasteiger partial charge in [0.1, 0.15) is 11.3 Å². The molecule has 0 heterocycles. The van der Waals surface area contributed by atoms with Crippen molar-refractivity contribution in [3.8, 4) is 5.75 Å². The number of rotatable bonds is 4. The first-order valence-electron chi connectivity index (χ1n) is 6.54. The molecule has 21 heavy (non-hydrogen) atoms. The summed E-state index contributed by atoms with van der Waals surface area (Å²) in [6.45, 7) is 3.93.